The molecule has 0 saturated heterocycles. The van der Waals surface area contributed by atoms with E-state index in [4.69, 9.17) is 0 Å². The van der Waals surface area contributed by atoms with Gasteiger partial charge in [0.25, 0.3) is 0 Å². The third kappa shape index (κ3) is 3.06. The van der Waals surface area contributed by atoms with Crippen molar-refractivity contribution < 1.29 is 0 Å². The molecule has 0 aliphatic carbocycles. The Morgan fingerprint density at radius 2 is 1.50 bits per heavy atom. The Morgan fingerprint density at radius 3 is 2.25 bits per heavy atom. The maximum atomic E-state index is 2.19. The molecule has 0 N–H and O–H groups in total. The number of rotatable bonds is 3. The monoisotopic (exact) mass is 276 g/mol. The van der Waals surface area contributed by atoms with Crippen LogP contribution in [-0.2, 0) is 0 Å². The first-order chi connectivity index (χ1) is 9.81. The van der Waals surface area contributed by atoms with Crippen LogP contribution in [0.5, 0.6) is 0 Å². The van der Waals surface area contributed by atoms with Crippen LogP contribution in [-0.4, -0.2) is 0 Å². The van der Waals surface area contributed by atoms with Crippen LogP contribution in [0.3, 0.4) is 0 Å². The molecule has 0 spiro atoms. The van der Waals surface area contributed by atoms with E-state index in [0.29, 0.717) is 0 Å². The van der Waals surface area contributed by atoms with Gasteiger partial charge in [-0.25, -0.2) is 0 Å². The highest BCUT2D eigenvalue weighted by Gasteiger charge is 1.99. The van der Waals surface area contributed by atoms with Gasteiger partial charge in [-0.05, 0) is 36.3 Å². The molecule has 0 saturated carbocycles. The molecule has 0 aliphatic rings. The molecule has 0 unspecified atom stereocenters. The number of hydrogen-bond donors (Lipinski definition) is 0. The Labute approximate surface area is 124 Å². The van der Waals surface area contributed by atoms with Crippen molar-refractivity contribution in [2.24, 2.45) is 0 Å². The smallest absolute Gasteiger partial charge is 0.0349 e. The van der Waals surface area contributed by atoms with E-state index in [1.54, 1.807) is 0 Å². The minimum absolute atomic E-state index is 1.24. The molecule has 0 atom stereocenters. The van der Waals surface area contributed by atoms with Crippen LogP contribution in [0.2, 0.25) is 0 Å². The molecule has 0 aliphatic heterocycles. The largest absolute Gasteiger partial charge is 0.136 e. The van der Waals surface area contributed by atoms with Crippen molar-refractivity contribution in [3.63, 3.8) is 0 Å². The van der Waals surface area contributed by atoms with Crippen molar-refractivity contribution >= 4 is 23.5 Å². The molecule has 1 aromatic heterocycles. The summed E-state index contributed by atoms with van der Waals surface area (Å²) >= 11 is 1.82. The summed E-state index contributed by atoms with van der Waals surface area (Å²) in [7, 11) is 0. The molecule has 0 amide bonds. The van der Waals surface area contributed by atoms with Gasteiger partial charge in [-0.15, -0.1) is 11.3 Å². The van der Waals surface area contributed by atoms with Crippen molar-refractivity contribution in [2.45, 2.75) is 6.92 Å². The summed E-state index contributed by atoms with van der Waals surface area (Å²) in [6.45, 7) is 2.11. The Hall–Kier alpha value is -2.12. The van der Waals surface area contributed by atoms with Crippen LogP contribution in [0.1, 0.15) is 16.0 Å². The molecular formula is C19H16S. The van der Waals surface area contributed by atoms with Gasteiger partial charge in [0.1, 0.15) is 0 Å². The number of benzene rings is 2. The van der Waals surface area contributed by atoms with Crippen molar-refractivity contribution in [1.82, 2.24) is 0 Å². The van der Waals surface area contributed by atoms with Gasteiger partial charge in [-0.3, -0.25) is 0 Å². The molecular weight excluding hydrogens is 260 g/mol. The van der Waals surface area contributed by atoms with Crippen LogP contribution in [0.4, 0.5) is 0 Å². The average Bonchev–Trinajstić information content (AvgIpc) is 2.97. The van der Waals surface area contributed by atoms with Gasteiger partial charge < -0.3 is 0 Å². The van der Waals surface area contributed by atoms with E-state index in [2.05, 4.69) is 85.8 Å². The van der Waals surface area contributed by atoms with Crippen molar-refractivity contribution in [3.05, 3.63) is 82.7 Å². The highest BCUT2D eigenvalue weighted by molar-refractivity contribution is 7.16. The molecule has 20 heavy (non-hydrogen) atoms. The zero-order valence-corrected chi connectivity index (χ0v) is 12.2. The van der Waals surface area contributed by atoms with E-state index in [1.807, 2.05) is 11.3 Å². The quantitative estimate of drug-likeness (QED) is 0.559. The lowest BCUT2D eigenvalue weighted by atomic mass is 10.1. The maximum Gasteiger partial charge on any atom is 0.0349 e. The van der Waals surface area contributed by atoms with E-state index in [0.717, 1.165) is 0 Å². The van der Waals surface area contributed by atoms with Gasteiger partial charge in [-0.1, -0.05) is 66.2 Å². The predicted molar refractivity (Wildman–Crippen MR) is 89.9 cm³/mol. The second-order valence-corrected chi connectivity index (χ2v) is 5.93. The highest BCUT2D eigenvalue weighted by atomic mass is 32.1. The van der Waals surface area contributed by atoms with Crippen molar-refractivity contribution in [1.29, 1.82) is 0 Å². The van der Waals surface area contributed by atoms with Gasteiger partial charge in [0, 0.05) is 9.75 Å². The van der Waals surface area contributed by atoms with Gasteiger partial charge in [0.2, 0.25) is 0 Å². The lowest BCUT2D eigenvalue weighted by Crippen LogP contribution is -1.72. The predicted octanol–water partition coefficient (Wildman–Crippen LogP) is 5.89. The Morgan fingerprint density at radius 1 is 0.750 bits per heavy atom. The maximum absolute atomic E-state index is 2.19. The summed E-state index contributed by atoms with van der Waals surface area (Å²) in [5.41, 5.74) is 3.82. The van der Waals surface area contributed by atoms with Gasteiger partial charge in [0.05, 0.1) is 0 Å². The molecule has 0 fully saturated rings. The summed E-state index contributed by atoms with van der Waals surface area (Å²) in [5, 5.41) is 0. The SMILES string of the molecule is Cc1ccc(/C=C/c2ccc(-c3ccccc3)s2)cc1. The molecule has 1 heteroatoms. The summed E-state index contributed by atoms with van der Waals surface area (Å²) in [4.78, 5) is 2.60. The first kappa shape index (κ1) is 12.9. The van der Waals surface area contributed by atoms with Gasteiger partial charge in [-0.2, -0.15) is 0 Å². The van der Waals surface area contributed by atoms with Crippen LogP contribution >= 0.6 is 11.3 Å². The van der Waals surface area contributed by atoms with Crippen LogP contribution in [0.15, 0.2) is 66.7 Å². The third-order valence-electron chi connectivity index (χ3n) is 3.20. The van der Waals surface area contributed by atoms with E-state index < -0.39 is 0 Å². The number of aryl methyl sites for hydroxylation is 1. The summed E-state index contributed by atoms with van der Waals surface area (Å²) in [5.74, 6) is 0. The first-order valence-electron chi connectivity index (χ1n) is 6.71. The van der Waals surface area contributed by atoms with Crippen molar-refractivity contribution in [3.8, 4) is 10.4 Å². The number of hydrogen-bond acceptors (Lipinski definition) is 1. The number of thiophene rings is 1. The lowest BCUT2D eigenvalue weighted by molar-refractivity contribution is 1.46. The van der Waals surface area contributed by atoms with Crippen LogP contribution in [0, 0.1) is 6.92 Å². The van der Waals surface area contributed by atoms with E-state index in [9.17, 15) is 0 Å². The second kappa shape index (κ2) is 5.89. The molecule has 98 valence electrons. The van der Waals surface area contributed by atoms with Gasteiger partial charge in [0.15, 0.2) is 0 Å². The molecule has 2 aromatic carbocycles. The molecule has 3 rings (SSSR count). The fourth-order valence-corrected chi connectivity index (χ4v) is 2.97. The van der Waals surface area contributed by atoms with E-state index >= 15 is 0 Å². The lowest BCUT2D eigenvalue weighted by Gasteiger charge is -1.95. The topological polar surface area (TPSA) is 0 Å². The second-order valence-electron chi connectivity index (χ2n) is 4.81. The summed E-state index contributed by atoms with van der Waals surface area (Å²) < 4.78 is 0. The molecule has 0 bridgehead atoms. The minimum Gasteiger partial charge on any atom is -0.136 e. The third-order valence-corrected chi connectivity index (χ3v) is 4.30. The standard InChI is InChI=1S/C19H16S/c1-15-7-9-16(10-8-15)11-12-18-13-14-19(20-18)17-5-3-2-4-6-17/h2-14H,1H3/b12-11+. The fourth-order valence-electron chi connectivity index (χ4n) is 2.06. The van der Waals surface area contributed by atoms with E-state index in [-0.39, 0.29) is 0 Å². The fraction of sp³-hybridized carbons (Fsp3) is 0.0526. The van der Waals surface area contributed by atoms with Crippen molar-refractivity contribution in [2.75, 3.05) is 0 Å². The minimum atomic E-state index is 1.24. The Balaban J connectivity index is 1.79. The average molecular weight is 276 g/mol. The Kier molecular flexibility index (Phi) is 3.80. The molecule has 3 aromatic rings. The van der Waals surface area contributed by atoms with Crippen LogP contribution < -0.4 is 0 Å². The molecule has 1 heterocycles. The van der Waals surface area contributed by atoms with Crippen LogP contribution in [0.25, 0.3) is 22.6 Å². The van der Waals surface area contributed by atoms with E-state index in [1.165, 1.54) is 26.4 Å². The first-order valence-corrected chi connectivity index (χ1v) is 7.53. The summed E-state index contributed by atoms with van der Waals surface area (Å²) in [6, 6.07) is 23.5. The molecule has 0 nitrogen and oxygen atoms in total. The van der Waals surface area contributed by atoms with Gasteiger partial charge >= 0.3 is 0 Å². The zero-order chi connectivity index (χ0) is 13.8. The molecule has 0 radical (unpaired) electrons. The summed E-state index contributed by atoms with van der Waals surface area (Å²) in [6.07, 6.45) is 4.35. The Bertz CT molecular complexity index is 703. The normalized spacial score (nSPS) is 11.1. The highest BCUT2D eigenvalue weighted by Crippen LogP contribution is 2.28. The zero-order valence-electron chi connectivity index (χ0n) is 11.4.